The van der Waals surface area contributed by atoms with E-state index in [9.17, 15) is 4.79 Å². The third-order valence-electron chi connectivity index (χ3n) is 3.11. The van der Waals surface area contributed by atoms with Crippen molar-refractivity contribution in [1.29, 1.82) is 0 Å². The van der Waals surface area contributed by atoms with Crippen molar-refractivity contribution in [3.05, 3.63) is 39.8 Å². The molecule has 0 bridgehead atoms. The first kappa shape index (κ1) is 14.5. The number of anilines is 1. The van der Waals surface area contributed by atoms with Gasteiger partial charge in [0.1, 0.15) is 5.82 Å². The number of nitrogens with one attached hydrogen (secondary N) is 2. The molecule has 7 heteroatoms. The first-order chi connectivity index (χ1) is 9.52. The SMILES string of the molecule is CNc1ncc(Br)cc1C(=O)NCc1cnn(C)c1C. The molecule has 2 heterocycles. The van der Waals surface area contributed by atoms with Gasteiger partial charge in [0, 0.05) is 42.6 Å². The summed E-state index contributed by atoms with van der Waals surface area (Å²) < 4.78 is 2.54. The molecule has 0 saturated carbocycles. The van der Waals surface area contributed by atoms with Crippen molar-refractivity contribution in [1.82, 2.24) is 20.1 Å². The van der Waals surface area contributed by atoms with Crippen LogP contribution in [-0.4, -0.2) is 27.7 Å². The highest BCUT2D eigenvalue weighted by Crippen LogP contribution is 2.17. The summed E-state index contributed by atoms with van der Waals surface area (Å²) in [6, 6.07) is 1.74. The van der Waals surface area contributed by atoms with Crippen LogP contribution >= 0.6 is 15.9 Å². The van der Waals surface area contributed by atoms with Crippen molar-refractivity contribution in [2.75, 3.05) is 12.4 Å². The smallest absolute Gasteiger partial charge is 0.255 e. The Morgan fingerprint density at radius 1 is 1.45 bits per heavy atom. The van der Waals surface area contributed by atoms with Crippen molar-refractivity contribution in [3.63, 3.8) is 0 Å². The summed E-state index contributed by atoms with van der Waals surface area (Å²) in [7, 11) is 3.61. The van der Waals surface area contributed by atoms with E-state index in [4.69, 9.17) is 0 Å². The van der Waals surface area contributed by atoms with Crippen LogP contribution in [0.15, 0.2) is 22.9 Å². The maximum atomic E-state index is 12.2. The molecule has 2 N–H and O–H groups in total. The fourth-order valence-electron chi connectivity index (χ4n) is 1.80. The van der Waals surface area contributed by atoms with Crippen molar-refractivity contribution in [3.8, 4) is 0 Å². The zero-order valence-electron chi connectivity index (χ0n) is 11.6. The predicted molar refractivity (Wildman–Crippen MR) is 80.6 cm³/mol. The van der Waals surface area contributed by atoms with Crippen LogP contribution in [0.2, 0.25) is 0 Å². The molecule has 0 saturated heterocycles. The second-order valence-electron chi connectivity index (χ2n) is 4.36. The van der Waals surface area contributed by atoms with E-state index < -0.39 is 0 Å². The molecule has 2 aromatic heterocycles. The molecule has 2 rings (SSSR count). The number of hydrogen-bond acceptors (Lipinski definition) is 4. The molecule has 0 aliphatic heterocycles. The van der Waals surface area contributed by atoms with Gasteiger partial charge in [-0.3, -0.25) is 9.48 Å². The number of halogens is 1. The number of carbonyl (C=O) groups is 1. The minimum atomic E-state index is -0.175. The number of rotatable bonds is 4. The Labute approximate surface area is 125 Å². The standard InChI is InChI=1S/C13H16BrN5O/c1-8-9(6-18-19(8)3)5-17-13(20)11-4-10(14)7-16-12(11)15-2/h4,6-7H,5H2,1-3H3,(H,15,16)(H,17,20). The maximum Gasteiger partial charge on any atom is 0.255 e. The van der Waals surface area contributed by atoms with Gasteiger partial charge >= 0.3 is 0 Å². The molecule has 0 fully saturated rings. The summed E-state index contributed by atoms with van der Waals surface area (Å²) in [6.45, 7) is 2.41. The minimum Gasteiger partial charge on any atom is -0.372 e. The van der Waals surface area contributed by atoms with Crippen molar-refractivity contribution in [2.24, 2.45) is 7.05 Å². The lowest BCUT2D eigenvalue weighted by molar-refractivity contribution is 0.0951. The third-order valence-corrected chi connectivity index (χ3v) is 3.55. The highest BCUT2D eigenvalue weighted by molar-refractivity contribution is 9.10. The van der Waals surface area contributed by atoms with Crippen LogP contribution in [0, 0.1) is 6.92 Å². The van der Waals surface area contributed by atoms with Crippen molar-refractivity contribution >= 4 is 27.7 Å². The third kappa shape index (κ3) is 2.98. The van der Waals surface area contributed by atoms with E-state index in [2.05, 4.69) is 36.6 Å². The molecular weight excluding hydrogens is 322 g/mol. The molecule has 106 valence electrons. The van der Waals surface area contributed by atoms with Gasteiger partial charge in [-0.2, -0.15) is 5.10 Å². The van der Waals surface area contributed by atoms with E-state index in [1.54, 1.807) is 30.2 Å². The molecule has 0 aliphatic carbocycles. The van der Waals surface area contributed by atoms with Crippen LogP contribution in [0.1, 0.15) is 21.6 Å². The van der Waals surface area contributed by atoms with Gasteiger partial charge in [0.05, 0.1) is 11.8 Å². The van der Waals surface area contributed by atoms with Gasteiger partial charge in [-0.25, -0.2) is 4.98 Å². The molecule has 0 aliphatic rings. The van der Waals surface area contributed by atoms with E-state index in [-0.39, 0.29) is 5.91 Å². The summed E-state index contributed by atoms with van der Waals surface area (Å²) in [4.78, 5) is 16.4. The molecule has 0 radical (unpaired) electrons. The van der Waals surface area contributed by atoms with Gasteiger partial charge in [-0.05, 0) is 28.9 Å². The first-order valence-electron chi connectivity index (χ1n) is 6.12. The number of nitrogens with zero attached hydrogens (tertiary/aromatic N) is 3. The predicted octanol–water partition coefficient (Wildman–Crippen LogP) is 1.86. The number of aromatic nitrogens is 3. The minimum absolute atomic E-state index is 0.175. The Bertz CT molecular complexity index is 638. The second-order valence-corrected chi connectivity index (χ2v) is 5.28. The molecule has 0 aromatic carbocycles. The fourth-order valence-corrected chi connectivity index (χ4v) is 2.13. The number of pyridine rings is 1. The van der Waals surface area contributed by atoms with E-state index in [0.717, 1.165) is 15.7 Å². The van der Waals surface area contributed by atoms with Crippen LogP contribution in [0.4, 0.5) is 5.82 Å². The van der Waals surface area contributed by atoms with Gasteiger partial charge in [-0.15, -0.1) is 0 Å². The van der Waals surface area contributed by atoms with Crippen LogP contribution in [0.3, 0.4) is 0 Å². The lowest BCUT2D eigenvalue weighted by Crippen LogP contribution is -2.24. The quantitative estimate of drug-likeness (QED) is 0.893. The summed E-state index contributed by atoms with van der Waals surface area (Å²) in [6.07, 6.45) is 3.40. The zero-order chi connectivity index (χ0) is 14.7. The number of hydrogen-bond donors (Lipinski definition) is 2. The summed E-state index contributed by atoms with van der Waals surface area (Å²) in [5, 5.41) is 9.93. The average Bonchev–Trinajstić information content (AvgIpc) is 2.76. The van der Waals surface area contributed by atoms with Crippen LogP contribution < -0.4 is 10.6 Å². The Balaban J connectivity index is 2.12. The first-order valence-corrected chi connectivity index (χ1v) is 6.91. The number of aryl methyl sites for hydroxylation is 1. The molecule has 0 spiro atoms. The van der Waals surface area contributed by atoms with Crippen LogP contribution in [-0.2, 0) is 13.6 Å². The summed E-state index contributed by atoms with van der Waals surface area (Å²) in [5.74, 6) is 0.375. The Morgan fingerprint density at radius 3 is 2.80 bits per heavy atom. The molecule has 1 amide bonds. The average molecular weight is 338 g/mol. The van der Waals surface area contributed by atoms with E-state index in [1.165, 1.54) is 0 Å². The Morgan fingerprint density at radius 2 is 2.20 bits per heavy atom. The molecule has 2 aromatic rings. The van der Waals surface area contributed by atoms with Gasteiger partial charge in [0.25, 0.3) is 5.91 Å². The van der Waals surface area contributed by atoms with Gasteiger partial charge in [-0.1, -0.05) is 0 Å². The number of amides is 1. The summed E-state index contributed by atoms with van der Waals surface area (Å²) in [5.41, 5.74) is 2.53. The lowest BCUT2D eigenvalue weighted by Gasteiger charge is -2.09. The molecular formula is C13H16BrN5O. The normalized spacial score (nSPS) is 10.4. The Hall–Kier alpha value is -1.89. The second kappa shape index (κ2) is 6.04. The molecule has 0 atom stereocenters. The van der Waals surface area contributed by atoms with E-state index in [1.807, 2.05) is 14.0 Å². The fraction of sp³-hybridized carbons (Fsp3) is 0.308. The monoisotopic (exact) mass is 337 g/mol. The largest absolute Gasteiger partial charge is 0.372 e. The van der Waals surface area contributed by atoms with Gasteiger partial charge in [0.15, 0.2) is 0 Å². The molecule has 20 heavy (non-hydrogen) atoms. The van der Waals surface area contributed by atoms with Crippen LogP contribution in [0.5, 0.6) is 0 Å². The Kier molecular flexibility index (Phi) is 4.39. The van der Waals surface area contributed by atoms with Crippen LogP contribution in [0.25, 0.3) is 0 Å². The molecule has 0 unspecified atom stereocenters. The maximum absolute atomic E-state index is 12.2. The van der Waals surface area contributed by atoms with E-state index >= 15 is 0 Å². The number of carbonyl (C=O) groups excluding carboxylic acids is 1. The van der Waals surface area contributed by atoms with Crippen molar-refractivity contribution in [2.45, 2.75) is 13.5 Å². The topological polar surface area (TPSA) is 71.8 Å². The van der Waals surface area contributed by atoms with E-state index in [0.29, 0.717) is 17.9 Å². The van der Waals surface area contributed by atoms with Gasteiger partial charge < -0.3 is 10.6 Å². The summed E-state index contributed by atoms with van der Waals surface area (Å²) >= 11 is 3.32. The highest BCUT2D eigenvalue weighted by Gasteiger charge is 2.13. The zero-order valence-corrected chi connectivity index (χ0v) is 13.2. The molecule has 6 nitrogen and oxygen atoms in total. The van der Waals surface area contributed by atoms with Crippen molar-refractivity contribution < 1.29 is 4.79 Å². The highest BCUT2D eigenvalue weighted by atomic mass is 79.9. The van der Waals surface area contributed by atoms with Gasteiger partial charge in [0.2, 0.25) is 0 Å². The lowest BCUT2D eigenvalue weighted by atomic mass is 10.2.